The Morgan fingerprint density at radius 1 is 1.59 bits per heavy atom. The summed E-state index contributed by atoms with van der Waals surface area (Å²) in [7, 11) is -2.74. The molecule has 0 spiro atoms. The standard InChI is InChI=1S/C11H18N2O2S2/c1-2-11-13-7-10(16-11)6-12-5-9-3-4-17(14,15)8-9/h7,9,12H,2-6,8H2,1H3. The fraction of sp³-hybridized carbons (Fsp3) is 0.727. The van der Waals surface area contributed by atoms with Gasteiger partial charge in [0.15, 0.2) is 9.84 Å². The molecule has 1 atom stereocenters. The molecule has 1 aliphatic heterocycles. The molecular formula is C11H18N2O2S2. The van der Waals surface area contributed by atoms with Gasteiger partial charge in [0.25, 0.3) is 0 Å². The van der Waals surface area contributed by atoms with Gasteiger partial charge < -0.3 is 5.32 Å². The number of thiazole rings is 1. The summed E-state index contributed by atoms with van der Waals surface area (Å²) in [5.74, 6) is 1.00. The molecule has 0 amide bonds. The molecule has 1 unspecified atom stereocenters. The molecule has 0 aromatic carbocycles. The summed E-state index contributed by atoms with van der Waals surface area (Å²) in [5.41, 5.74) is 0. The minimum Gasteiger partial charge on any atom is -0.311 e. The molecule has 2 heterocycles. The second-order valence-corrected chi connectivity index (χ2v) is 7.90. The van der Waals surface area contributed by atoms with Crippen molar-refractivity contribution in [1.29, 1.82) is 0 Å². The molecule has 1 fully saturated rings. The first kappa shape index (κ1) is 13.0. The first-order valence-electron chi connectivity index (χ1n) is 5.94. The third-order valence-electron chi connectivity index (χ3n) is 2.96. The van der Waals surface area contributed by atoms with E-state index in [4.69, 9.17) is 0 Å². The molecule has 0 aliphatic carbocycles. The zero-order valence-electron chi connectivity index (χ0n) is 9.98. The first-order chi connectivity index (χ1) is 8.09. The molecule has 1 saturated heterocycles. The van der Waals surface area contributed by atoms with Crippen molar-refractivity contribution >= 4 is 21.2 Å². The summed E-state index contributed by atoms with van der Waals surface area (Å²) in [6, 6.07) is 0. The fourth-order valence-electron chi connectivity index (χ4n) is 2.03. The Balaban J connectivity index is 1.73. The number of aromatic nitrogens is 1. The SMILES string of the molecule is CCc1ncc(CNCC2CCS(=O)(=O)C2)s1. The van der Waals surface area contributed by atoms with Crippen molar-refractivity contribution in [1.82, 2.24) is 10.3 Å². The highest BCUT2D eigenvalue weighted by atomic mass is 32.2. The van der Waals surface area contributed by atoms with Gasteiger partial charge in [0.2, 0.25) is 0 Å². The molecule has 1 N–H and O–H groups in total. The van der Waals surface area contributed by atoms with E-state index in [0.29, 0.717) is 17.4 Å². The van der Waals surface area contributed by atoms with E-state index in [2.05, 4.69) is 17.2 Å². The van der Waals surface area contributed by atoms with E-state index in [-0.39, 0.29) is 0 Å². The molecule has 2 rings (SSSR count). The summed E-state index contributed by atoms with van der Waals surface area (Å²) in [5, 5.41) is 4.48. The highest BCUT2D eigenvalue weighted by molar-refractivity contribution is 7.91. The van der Waals surface area contributed by atoms with E-state index in [1.807, 2.05) is 6.20 Å². The van der Waals surface area contributed by atoms with Crippen LogP contribution in [0.25, 0.3) is 0 Å². The molecule has 0 radical (unpaired) electrons. The van der Waals surface area contributed by atoms with Gasteiger partial charge in [0.05, 0.1) is 16.5 Å². The van der Waals surface area contributed by atoms with Crippen molar-refractivity contribution in [3.05, 3.63) is 16.1 Å². The van der Waals surface area contributed by atoms with E-state index in [9.17, 15) is 8.42 Å². The predicted molar refractivity (Wildman–Crippen MR) is 70.0 cm³/mol. The van der Waals surface area contributed by atoms with E-state index in [0.717, 1.165) is 30.9 Å². The molecule has 0 bridgehead atoms. The van der Waals surface area contributed by atoms with Crippen molar-refractivity contribution in [2.24, 2.45) is 5.92 Å². The molecule has 4 nitrogen and oxygen atoms in total. The van der Waals surface area contributed by atoms with Gasteiger partial charge in [-0.1, -0.05) is 6.92 Å². The van der Waals surface area contributed by atoms with Crippen LogP contribution in [0.4, 0.5) is 0 Å². The number of sulfone groups is 1. The van der Waals surface area contributed by atoms with Gasteiger partial charge in [-0.2, -0.15) is 0 Å². The summed E-state index contributed by atoms with van der Waals surface area (Å²) >= 11 is 1.72. The Hall–Kier alpha value is -0.460. The van der Waals surface area contributed by atoms with Crippen LogP contribution < -0.4 is 5.32 Å². The lowest BCUT2D eigenvalue weighted by molar-refractivity contribution is 0.522. The monoisotopic (exact) mass is 274 g/mol. The lowest BCUT2D eigenvalue weighted by Crippen LogP contribution is -2.22. The summed E-state index contributed by atoms with van der Waals surface area (Å²) in [4.78, 5) is 5.52. The normalized spacial score (nSPS) is 23.0. The smallest absolute Gasteiger partial charge is 0.150 e. The topological polar surface area (TPSA) is 59.1 Å². The number of aryl methyl sites for hydroxylation is 1. The lowest BCUT2D eigenvalue weighted by atomic mass is 10.1. The van der Waals surface area contributed by atoms with Crippen LogP contribution in [0.15, 0.2) is 6.20 Å². The van der Waals surface area contributed by atoms with Crippen molar-refractivity contribution in [2.45, 2.75) is 26.3 Å². The quantitative estimate of drug-likeness (QED) is 0.877. The Bertz CT molecular complexity index is 468. The maximum atomic E-state index is 11.3. The van der Waals surface area contributed by atoms with Crippen molar-refractivity contribution in [3.63, 3.8) is 0 Å². The molecule has 17 heavy (non-hydrogen) atoms. The second-order valence-electron chi connectivity index (χ2n) is 4.47. The van der Waals surface area contributed by atoms with Gasteiger partial charge >= 0.3 is 0 Å². The second kappa shape index (κ2) is 5.46. The highest BCUT2D eigenvalue weighted by Crippen LogP contribution is 2.18. The molecule has 1 aliphatic rings. The van der Waals surface area contributed by atoms with Gasteiger partial charge in [-0.15, -0.1) is 11.3 Å². The minimum atomic E-state index is -2.74. The lowest BCUT2D eigenvalue weighted by Gasteiger charge is -2.07. The van der Waals surface area contributed by atoms with Crippen molar-refractivity contribution in [3.8, 4) is 0 Å². The van der Waals surface area contributed by atoms with Gasteiger partial charge in [0.1, 0.15) is 0 Å². The van der Waals surface area contributed by atoms with Crippen molar-refractivity contribution < 1.29 is 8.42 Å². The number of nitrogens with one attached hydrogen (secondary N) is 1. The Labute approximate surface area is 106 Å². The van der Waals surface area contributed by atoms with Crippen LogP contribution in [0.3, 0.4) is 0 Å². The van der Waals surface area contributed by atoms with E-state index >= 15 is 0 Å². The maximum Gasteiger partial charge on any atom is 0.150 e. The molecule has 96 valence electrons. The van der Waals surface area contributed by atoms with E-state index in [1.54, 1.807) is 11.3 Å². The van der Waals surface area contributed by atoms with Gasteiger partial charge in [-0.05, 0) is 25.3 Å². The summed E-state index contributed by atoms with van der Waals surface area (Å²) in [6.45, 7) is 3.69. The van der Waals surface area contributed by atoms with Gasteiger partial charge in [-0.3, -0.25) is 0 Å². The van der Waals surface area contributed by atoms with Crippen LogP contribution in [-0.4, -0.2) is 31.5 Å². The summed E-state index contributed by atoms with van der Waals surface area (Å²) < 4.78 is 22.6. The molecular weight excluding hydrogens is 256 g/mol. The molecule has 0 saturated carbocycles. The number of hydrogen-bond donors (Lipinski definition) is 1. The van der Waals surface area contributed by atoms with Crippen LogP contribution in [0.5, 0.6) is 0 Å². The van der Waals surface area contributed by atoms with Crippen LogP contribution in [0.2, 0.25) is 0 Å². The summed E-state index contributed by atoms with van der Waals surface area (Å²) in [6.07, 6.45) is 3.69. The van der Waals surface area contributed by atoms with Crippen molar-refractivity contribution in [2.75, 3.05) is 18.1 Å². The number of hydrogen-bond acceptors (Lipinski definition) is 5. The first-order valence-corrected chi connectivity index (χ1v) is 8.57. The Morgan fingerprint density at radius 2 is 2.41 bits per heavy atom. The molecule has 1 aromatic rings. The molecule has 6 heteroatoms. The Kier molecular flexibility index (Phi) is 4.17. The largest absolute Gasteiger partial charge is 0.311 e. The zero-order chi connectivity index (χ0) is 12.3. The average molecular weight is 274 g/mol. The highest BCUT2D eigenvalue weighted by Gasteiger charge is 2.27. The minimum absolute atomic E-state index is 0.290. The van der Waals surface area contributed by atoms with Crippen LogP contribution in [0.1, 0.15) is 23.2 Å². The van der Waals surface area contributed by atoms with Crippen LogP contribution >= 0.6 is 11.3 Å². The van der Waals surface area contributed by atoms with Gasteiger partial charge in [-0.25, -0.2) is 13.4 Å². The average Bonchev–Trinajstić information content (AvgIpc) is 2.85. The maximum absolute atomic E-state index is 11.3. The van der Waals surface area contributed by atoms with Crippen LogP contribution in [0, 0.1) is 5.92 Å². The van der Waals surface area contributed by atoms with Gasteiger partial charge in [0, 0.05) is 17.6 Å². The third kappa shape index (κ3) is 3.76. The predicted octanol–water partition coefficient (Wildman–Crippen LogP) is 1.23. The third-order valence-corrected chi connectivity index (χ3v) is 5.94. The molecule has 1 aromatic heterocycles. The fourth-order valence-corrected chi connectivity index (χ4v) is 4.72. The number of nitrogens with zero attached hydrogens (tertiary/aromatic N) is 1. The van der Waals surface area contributed by atoms with E-state index in [1.165, 1.54) is 4.88 Å². The van der Waals surface area contributed by atoms with E-state index < -0.39 is 9.84 Å². The zero-order valence-corrected chi connectivity index (χ0v) is 11.6. The Morgan fingerprint density at radius 3 is 3.00 bits per heavy atom. The van der Waals surface area contributed by atoms with Crippen LogP contribution in [-0.2, 0) is 22.8 Å². The number of rotatable bonds is 5.